The number of hydrogen-bond donors (Lipinski definition) is 1. The molecular formula is C11H7F2N7O. The highest BCUT2D eigenvalue weighted by Crippen LogP contribution is 2.20. The van der Waals surface area contributed by atoms with Gasteiger partial charge in [0.2, 0.25) is 5.71 Å². The highest BCUT2D eigenvalue weighted by atomic mass is 19.3. The molecule has 2 aromatic heterocycles. The molecule has 2 heterocycles. The van der Waals surface area contributed by atoms with Gasteiger partial charge in [0.05, 0.1) is 17.4 Å². The lowest BCUT2D eigenvalue weighted by Gasteiger charge is -2.02. The second kappa shape index (κ2) is 5.38. The molecule has 106 valence electrons. The Morgan fingerprint density at radius 2 is 2.14 bits per heavy atom. The van der Waals surface area contributed by atoms with E-state index in [4.69, 9.17) is 10.5 Å². The van der Waals surface area contributed by atoms with E-state index in [0.717, 1.165) is 4.57 Å². The number of pyridine rings is 1. The fourth-order valence-corrected chi connectivity index (χ4v) is 1.68. The second-order valence-corrected chi connectivity index (χ2v) is 3.85. The highest BCUT2D eigenvalue weighted by Gasteiger charge is 2.18. The zero-order chi connectivity index (χ0) is 15.6. The molecular weight excluding hydrogens is 284 g/mol. The molecule has 0 amide bonds. The standard InChI is InChI=1S/C11H7F2N7O/c1-19-9-8(20(10(12)13)11(19)21)2-6(5-16-9)17-18-7(3-14)4-15/h2,5,10,17H,1H3. The van der Waals surface area contributed by atoms with Crippen LogP contribution in [0, 0.1) is 22.7 Å². The first-order valence-electron chi connectivity index (χ1n) is 5.48. The number of hydrogen-bond acceptors (Lipinski definition) is 6. The first-order valence-corrected chi connectivity index (χ1v) is 5.48. The number of anilines is 1. The molecule has 0 aliphatic rings. The van der Waals surface area contributed by atoms with Gasteiger partial charge in [0, 0.05) is 7.05 Å². The van der Waals surface area contributed by atoms with Gasteiger partial charge in [-0.15, -0.1) is 0 Å². The van der Waals surface area contributed by atoms with E-state index in [9.17, 15) is 13.6 Å². The molecule has 0 aliphatic carbocycles. The quantitative estimate of drug-likeness (QED) is 0.668. The number of alkyl halides is 2. The minimum absolute atomic E-state index is 0.0793. The van der Waals surface area contributed by atoms with Gasteiger partial charge in [-0.2, -0.15) is 24.4 Å². The Balaban J connectivity index is 2.55. The lowest BCUT2D eigenvalue weighted by molar-refractivity contribution is 0.0705. The fourth-order valence-electron chi connectivity index (χ4n) is 1.68. The number of imidazole rings is 1. The largest absolute Gasteiger partial charge is 0.334 e. The van der Waals surface area contributed by atoms with Crippen LogP contribution in [0.1, 0.15) is 6.55 Å². The van der Waals surface area contributed by atoms with E-state index < -0.39 is 18.0 Å². The molecule has 0 aliphatic heterocycles. The van der Waals surface area contributed by atoms with Gasteiger partial charge < -0.3 is 0 Å². The van der Waals surface area contributed by atoms with Gasteiger partial charge in [-0.05, 0) is 6.07 Å². The SMILES string of the molecule is Cn1c(=O)n(C(F)F)c2cc(NN=C(C#N)C#N)cnc21. The van der Waals surface area contributed by atoms with Crippen molar-refractivity contribution in [3.05, 3.63) is 22.7 Å². The lowest BCUT2D eigenvalue weighted by atomic mass is 10.4. The molecule has 0 aromatic carbocycles. The molecule has 0 spiro atoms. The summed E-state index contributed by atoms with van der Waals surface area (Å²) in [5.41, 5.74) is 1.16. The lowest BCUT2D eigenvalue weighted by Crippen LogP contribution is -2.22. The van der Waals surface area contributed by atoms with Gasteiger partial charge in [0.25, 0.3) is 0 Å². The number of hydrazone groups is 1. The normalized spacial score (nSPS) is 10.2. The molecule has 0 radical (unpaired) electrons. The summed E-state index contributed by atoms with van der Waals surface area (Å²) in [5.74, 6) is 0. The molecule has 2 rings (SSSR count). The van der Waals surface area contributed by atoms with E-state index in [1.54, 1.807) is 0 Å². The van der Waals surface area contributed by atoms with Gasteiger partial charge in [-0.25, -0.2) is 14.3 Å². The van der Waals surface area contributed by atoms with Crippen molar-refractivity contribution < 1.29 is 8.78 Å². The molecule has 0 bridgehead atoms. The van der Waals surface area contributed by atoms with Crippen molar-refractivity contribution in [1.29, 1.82) is 10.5 Å². The number of aromatic nitrogens is 3. The predicted octanol–water partition coefficient (Wildman–Crippen LogP) is 0.945. The predicted molar refractivity (Wildman–Crippen MR) is 68.5 cm³/mol. The van der Waals surface area contributed by atoms with Crippen LogP contribution in [0.3, 0.4) is 0 Å². The first-order chi connectivity index (χ1) is 9.99. The van der Waals surface area contributed by atoms with Crippen LogP contribution in [-0.4, -0.2) is 19.8 Å². The van der Waals surface area contributed by atoms with Crippen molar-refractivity contribution in [3.63, 3.8) is 0 Å². The Hall–Kier alpha value is -3.27. The molecule has 21 heavy (non-hydrogen) atoms. The van der Waals surface area contributed by atoms with Crippen LogP contribution >= 0.6 is 0 Å². The summed E-state index contributed by atoms with van der Waals surface area (Å²) in [5, 5.41) is 20.5. The Labute approximate surface area is 116 Å². The number of aryl methyl sites for hydroxylation is 1. The molecule has 0 saturated carbocycles. The molecule has 1 N–H and O–H groups in total. The molecule has 0 unspecified atom stereocenters. The van der Waals surface area contributed by atoms with E-state index >= 15 is 0 Å². The van der Waals surface area contributed by atoms with Crippen LogP contribution in [0.4, 0.5) is 14.5 Å². The zero-order valence-corrected chi connectivity index (χ0v) is 10.6. The fraction of sp³-hybridized carbons (Fsp3) is 0.182. The van der Waals surface area contributed by atoms with Crippen LogP contribution in [0.15, 0.2) is 22.2 Å². The first kappa shape index (κ1) is 14.1. The number of rotatable bonds is 3. The monoisotopic (exact) mass is 291 g/mol. The maximum Gasteiger partial charge on any atom is 0.334 e. The molecule has 10 heteroatoms. The van der Waals surface area contributed by atoms with Crippen LogP contribution in [-0.2, 0) is 7.05 Å². The van der Waals surface area contributed by atoms with E-state index in [1.165, 1.54) is 31.4 Å². The summed E-state index contributed by atoms with van der Waals surface area (Å²) in [6.45, 7) is -3.02. The van der Waals surface area contributed by atoms with Crippen LogP contribution in [0.5, 0.6) is 0 Å². The molecule has 0 saturated heterocycles. The number of nitrogens with one attached hydrogen (secondary N) is 1. The van der Waals surface area contributed by atoms with Crippen LogP contribution in [0.2, 0.25) is 0 Å². The van der Waals surface area contributed by atoms with Gasteiger partial charge in [0.15, 0.2) is 5.65 Å². The molecule has 0 atom stereocenters. The van der Waals surface area contributed by atoms with Gasteiger partial charge in [-0.1, -0.05) is 0 Å². The summed E-state index contributed by atoms with van der Waals surface area (Å²) in [7, 11) is 1.32. The minimum Gasteiger partial charge on any atom is -0.279 e. The summed E-state index contributed by atoms with van der Waals surface area (Å²) in [6, 6.07) is 4.29. The third kappa shape index (κ3) is 2.42. The second-order valence-electron chi connectivity index (χ2n) is 3.85. The zero-order valence-electron chi connectivity index (χ0n) is 10.6. The van der Waals surface area contributed by atoms with Crippen molar-refractivity contribution in [3.8, 4) is 12.1 Å². The average molecular weight is 291 g/mol. The van der Waals surface area contributed by atoms with E-state index in [-0.39, 0.29) is 21.4 Å². The maximum atomic E-state index is 12.9. The van der Waals surface area contributed by atoms with Crippen molar-refractivity contribution >= 4 is 22.6 Å². The van der Waals surface area contributed by atoms with Crippen molar-refractivity contribution in [2.45, 2.75) is 6.55 Å². The van der Waals surface area contributed by atoms with Gasteiger partial charge >= 0.3 is 12.2 Å². The maximum absolute atomic E-state index is 12.9. The Bertz CT molecular complexity index is 850. The number of fused-ring (bicyclic) bond motifs is 1. The molecule has 2 aromatic rings. The Kier molecular flexibility index (Phi) is 3.63. The van der Waals surface area contributed by atoms with Crippen LogP contribution in [0.25, 0.3) is 11.2 Å². The number of halogens is 2. The summed E-state index contributed by atoms with van der Waals surface area (Å²) < 4.78 is 27.1. The average Bonchev–Trinajstić information content (AvgIpc) is 2.71. The minimum atomic E-state index is -3.02. The van der Waals surface area contributed by atoms with Crippen molar-refractivity contribution in [2.75, 3.05) is 5.43 Å². The summed E-state index contributed by atoms with van der Waals surface area (Å²) >= 11 is 0. The van der Waals surface area contributed by atoms with Crippen molar-refractivity contribution in [2.24, 2.45) is 12.1 Å². The van der Waals surface area contributed by atoms with Crippen molar-refractivity contribution in [1.82, 2.24) is 14.1 Å². The summed E-state index contributed by atoms with van der Waals surface area (Å²) in [4.78, 5) is 15.6. The van der Waals surface area contributed by atoms with E-state index in [0.29, 0.717) is 0 Å². The topological polar surface area (TPSA) is 112 Å². The summed E-state index contributed by atoms with van der Waals surface area (Å²) in [6.07, 6.45) is 1.24. The Morgan fingerprint density at radius 1 is 1.48 bits per heavy atom. The third-order valence-corrected chi connectivity index (χ3v) is 2.62. The smallest absolute Gasteiger partial charge is 0.279 e. The highest BCUT2D eigenvalue weighted by molar-refractivity contribution is 6.10. The number of nitriles is 2. The van der Waals surface area contributed by atoms with E-state index in [1.807, 2.05) is 0 Å². The van der Waals surface area contributed by atoms with Crippen LogP contribution < -0.4 is 11.1 Å². The third-order valence-electron chi connectivity index (χ3n) is 2.62. The van der Waals surface area contributed by atoms with Gasteiger partial charge in [0.1, 0.15) is 12.1 Å². The van der Waals surface area contributed by atoms with Gasteiger partial charge in [-0.3, -0.25) is 9.99 Å². The molecule has 0 fully saturated rings. The van der Waals surface area contributed by atoms with E-state index in [2.05, 4.69) is 15.5 Å². The Morgan fingerprint density at radius 3 is 2.71 bits per heavy atom. The molecule has 8 nitrogen and oxygen atoms in total. The number of nitrogens with zero attached hydrogens (tertiary/aromatic N) is 6.